The third-order valence-corrected chi connectivity index (χ3v) is 6.43. The molecular weight excluding hydrogens is 432 g/mol. The van der Waals surface area contributed by atoms with Crippen LogP contribution in [0.5, 0.6) is 0 Å². The van der Waals surface area contributed by atoms with Crippen LogP contribution in [-0.2, 0) is 20.2 Å². The average Bonchev–Trinajstić information content (AvgIpc) is 2.67. The summed E-state index contributed by atoms with van der Waals surface area (Å²) in [5.74, 6) is 0. The summed E-state index contributed by atoms with van der Waals surface area (Å²) in [6.45, 7) is 0. The first-order valence-corrected chi connectivity index (χ1v) is 11.4. The predicted molar refractivity (Wildman–Crippen MR) is 110 cm³/mol. The van der Waals surface area contributed by atoms with Crippen LogP contribution < -0.4 is 10.6 Å². The van der Waals surface area contributed by atoms with Gasteiger partial charge in [-0.1, -0.05) is 12.1 Å². The van der Waals surface area contributed by atoms with Gasteiger partial charge < -0.3 is 10.6 Å². The molecule has 3 aromatic carbocycles. The molecule has 30 heavy (non-hydrogen) atoms. The van der Waals surface area contributed by atoms with Gasteiger partial charge in [0.2, 0.25) is 0 Å². The van der Waals surface area contributed by atoms with Gasteiger partial charge in [-0.2, -0.15) is 16.8 Å². The minimum Gasteiger partial charge on any atom is -0.352 e. The van der Waals surface area contributed by atoms with E-state index >= 15 is 0 Å². The molecule has 0 amide bonds. The first-order chi connectivity index (χ1) is 14.1. The Balaban J connectivity index is 1.82. The second-order valence-electron chi connectivity index (χ2n) is 6.62. The number of rotatable bonds is 2. The summed E-state index contributed by atoms with van der Waals surface area (Å²) >= 11 is 0. The molecule has 0 aliphatic carbocycles. The highest BCUT2D eigenvalue weighted by Crippen LogP contribution is 2.45. The van der Waals surface area contributed by atoms with Crippen molar-refractivity contribution in [2.75, 3.05) is 10.6 Å². The van der Waals surface area contributed by atoms with E-state index in [1.165, 1.54) is 12.1 Å². The number of anilines is 4. The van der Waals surface area contributed by atoms with Gasteiger partial charge in [-0.05, 0) is 36.4 Å². The summed E-state index contributed by atoms with van der Waals surface area (Å²) in [4.78, 5) is 7.93. The van der Waals surface area contributed by atoms with Crippen molar-refractivity contribution in [2.45, 2.75) is 9.79 Å². The van der Waals surface area contributed by atoms with Crippen LogP contribution in [-0.4, -0.2) is 35.9 Å². The molecule has 0 spiro atoms. The fraction of sp³-hybridized carbons (Fsp3) is 0. The molecule has 4 N–H and O–H groups in total. The van der Waals surface area contributed by atoms with E-state index in [9.17, 15) is 25.9 Å². The van der Waals surface area contributed by atoms with Crippen LogP contribution in [0.2, 0.25) is 0 Å². The van der Waals surface area contributed by atoms with Gasteiger partial charge in [-0.25, -0.2) is 9.97 Å². The maximum atomic E-state index is 12.3. The van der Waals surface area contributed by atoms with Gasteiger partial charge in [0.25, 0.3) is 20.2 Å². The molecule has 10 nitrogen and oxygen atoms in total. The zero-order valence-electron chi connectivity index (χ0n) is 14.9. The molecule has 1 aliphatic rings. The van der Waals surface area contributed by atoms with Crippen molar-refractivity contribution < 1.29 is 25.9 Å². The van der Waals surface area contributed by atoms with Crippen molar-refractivity contribution in [2.24, 2.45) is 0 Å². The number of benzene rings is 3. The predicted octanol–water partition coefficient (Wildman–Crippen LogP) is 3.08. The number of hydrogen-bond acceptors (Lipinski definition) is 8. The number of nitrogens with one attached hydrogen (secondary N) is 2. The second-order valence-corrected chi connectivity index (χ2v) is 9.40. The molecule has 12 heteroatoms. The normalized spacial score (nSPS) is 13.4. The Bertz CT molecular complexity index is 1600. The third-order valence-electron chi connectivity index (χ3n) is 4.67. The van der Waals surface area contributed by atoms with Crippen LogP contribution in [0.4, 0.5) is 22.7 Å². The Morgan fingerprint density at radius 1 is 0.700 bits per heavy atom. The number of hydrogen-bond donors (Lipinski definition) is 4. The summed E-state index contributed by atoms with van der Waals surface area (Å²) in [5, 5.41) is 5.81. The monoisotopic (exact) mass is 444 g/mol. The van der Waals surface area contributed by atoms with E-state index in [1.54, 1.807) is 30.3 Å². The molecule has 4 aromatic rings. The number of para-hydroxylation sites is 2. The summed E-state index contributed by atoms with van der Waals surface area (Å²) < 4.78 is 66.7. The molecule has 0 atom stereocenters. The van der Waals surface area contributed by atoms with Crippen LogP contribution in [0.15, 0.2) is 58.3 Å². The maximum Gasteiger partial charge on any atom is 0.298 e. The van der Waals surface area contributed by atoms with Gasteiger partial charge in [-0.3, -0.25) is 9.11 Å². The van der Waals surface area contributed by atoms with Gasteiger partial charge in [0.15, 0.2) is 0 Å². The zero-order chi connectivity index (χ0) is 21.3. The second kappa shape index (κ2) is 6.09. The molecule has 0 radical (unpaired) electrons. The molecule has 0 saturated heterocycles. The number of fused-ring (bicyclic) bond motifs is 4. The van der Waals surface area contributed by atoms with E-state index in [2.05, 4.69) is 20.6 Å². The summed E-state index contributed by atoms with van der Waals surface area (Å²) in [5.41, 5.74) is 2.09. The quantitative estimate of drug-likeness (QED) is 0.235. The first-order valence-electron chi connectivity index (χ1n) is 8.48. The van der Waals surface area contributed by atoms with E-state index in [4.69, 9.17) is 0 Å². The first kappa shape index (κ1) is 18.7. The minimum absolute atomic E-state index is 0.0189. The Hall–Kier alpha value is -3.32. The summed E-state index contributed by atoms with van der Waals surface area (Å²) in [6, 6.07) is 12.2. The van der Waals surface area contributed by atoms with E-state index in [0.717, 1.165) is 6.07 Å². The van der Waals surface area contributed by atoms with Crippen molar-refractivity contribution >= 4 is 65.1 Å². The van der Waals surface area contributed by atoms with Crippen molar-refractivity contribution in [3.63, 3.8) is 0 Å². The van der Waals surface area contributed by atoms with Gasteiger partial charge in [0.1, 0.15) is 10.4 Å². The molecular formula is C18H12N4O6S2. The molecule has 152 valence electrons. The van der Waals surface area contributed by atoms with E-state index in [-0.39, 0.29) is 27.3 Å². The SMILES string of the molecule is O=S(=O)(O)c1ccc2c(c1)Nc1c(cc3nc4ccccc4nc3c1S(=O)(=O)O)N2. The van der Waals surface area contributed by atoms with Crippen LogP contribution in [0, 0.1) is 0 Å². The van der Waals surface area contributed by atoms with E-state index < -0.39 is 25.1 Å². The summed E-state index contributed by atoms with van der Waals surface area (Å²) in [6.07, 6.45) is 0. The van der Waals surface area contributed by atoms with Crippen LogP contribution >= 0.6 is 0 Å². The Morgan fingerprint density at radius 2 is 1.40 bits per heavy atom. The molecule has 1 aromatic heterocycles. The lowest BCUT2D eigenvalue weighted by atomic mass is 10.1. The molecule has 0 fully saturated rings. The van der Waals surface area contributed by atoms with Gasteiger partial charge in [0.05, 0.1) is 44.2 Å². The lowest BCUT2D eigenvalue weighted by Crippen LogP contribution is -2.13. The molecule has 0 bridgehead atoms. The Morgan fingerprint density at radius 3 is 2.07 bits per heavy atom. The molecule has 0 saturated carbocycles. The average molecular weight is 444 g/mol. The smallest absolute Gasteiger partial charge is 0.298 e. The largest absolute Gasteiger partial charge is 0.352 e. The van der Waals surface area contributed by atoms with Gasteiger partial charge in [0, 0.05) is 0 Å². The zero-order valence-corrected chi connectivity index (χ0v) is 16.5. The van der Waals surface area contributed by atoms with Crippen LogP contribution in [0.3, 0.4) is 0 Å². The fourth-order valence-electron chi connectivity index (χ4n) is 3.38. The van der Waals surface area contributed by atoms with Gasteiger partial charge >= 0.3 is 0 Å². The maximum absolute atomic E-state index is 12.3. The topological polar surface area (TPSA) is 159 Å². The third kappa shape index (κ3) is 2.93. The number of nitrogens with zero attached hydrogens (tertiary/aromatic N) is 2. The van der Waals surface area contributed by atoms with E-state index in [0.29, 0.717) is 22.4 Å². The van der Waals surface area contributed by atoms with Crippen molar-refractivity contribution in [1.29, 1.82) is 0 Å². The number of aromatic nitrogens is 2. The van der Waals surface area contributed by atoms with Crippen LogP contribution in [0.25, 0.3) is 22.1 Å². The highest BCUT2D eigenvalue weighted by atomic mass is 32.2. The minimum atomic E-state index is -4.75. The fourth-order valence-corrected chi connectivity index (χ4v) is 4.70. The molecule has 1 aliphatic heterocycles. The highest BCUT2D eigenvalue weighted by Gasteiger charge is 2.29. The standard InChI is InChI=1S/C18H12N4O6S2/c23-29(24,25)9-5-6-12-13(7-9)22-17-15(20-12)8-14-16(18(17)30(26,27)28)21-11-4-2-1-3-10(11)19-14/h1-8,20,22H,(H,23,24,25)(H,26,27,28). The molecule has 2 heterocycles. The lowest BCUT2D eigenvalue weighted by molar-refractivity contribution is 0.481. The van der Waals surface area contributed by atoms with Crippen molar-refractivity contribution in [1.82, 2.24) is 9.97 Å². The van der Waals surface area contributed by atoms with Crippen LogP contribution in [0.1, 0.15) is 0 Å². The van der Waals surface area contributed by atoms with Crippen molar-refractivity contribution in [3.8, 4) is 0 Å². The molecule has 0 unspecified atom stereocenters. The van der Waals surface area contributed by atoms with Crippen molar-refractivity contribution in [3.05, 3.63) is 48.5 Å². The lowest BCUT2D eigenvalue weighted by Gasteiger charge is -2.25. The highest BCUT2D eigenvalue weighted by molar-refractivity contribution is 7.86. The summed E-state index contributed by atoms with van der Waals surface area (Å²) in [7, 11) is -9.22. The van der Waals surface area contributed by atoms with Gasteiger partial charge in [-0.15, -0.1) is 0 Å². The Kier molecular flexibility index (Phi) is 3.79. The van der Waals surface area contributed by atoms with E-state index in [1.807, 2.05) is 0 Å². The molecule has 5 rings (SSSR count). The Labute approximate surface area is 170 Å².